The lowest BCUT2D eigenvalue weighted by Gasteiger charge is -2.42. The first-order valence-corrected chi connectivity index (χ1v) is 6.76. The van der Waals surface area contributed by atoms with E-state index in [1.807, 2.05) is 20.8 Å². The van der Waals surface area contributed by atoms with Gasteiger partial charge in [-0.15, -0.1) is 6.58 Å². The standard InChI is InChI=1S/C14H24N2O4/c1-5-6-16(14(2,3)4)13(19)15-7-8-20-10-11(15)9-12(17)18/h5,11H,1,6-10H2,2-4H3,(H,17,18). The quantitative estimate of drug-likeness (QED) is 0.796. The van der Waals surface area contributed by atoms with E-state index in [0.29, 0.717) is 19.7 Å². The predicted octanol–water partition coefficient (Wildman–Crippen LogP) is 1.57. The zero-order valence-corrected chi connectivity index (χ0v) is 12.5. The molecule has 1 heterocycles. The van der Waals surface area contributed by atoms with Crippen molar-refractivity contribution < 1.29 is 19.4 Å². The van der Waals surface area contributed by atoms with Gasteiger partial charge in [-0.3, -0.25) is 4.79 Å². The van der Waals surface area contributed by atoms with E-state index in [0.717, 1.165) is 0 Å². The van der Waals surface area contributed by atoms with E-state index in [1.165, 1.54) is 0 Å². The largest absolute Gasteiger partial charge is 0.481 e. The van der Waals surface area contributed by atoms with Gasteiger partial charge in [0.2, 0.25) is 0 Å². The van der Waals surface area contributed by atoms with E-state index >= 15 is 0 Å². The topological polar surface area (TPSA) is 70.1 Å². The third kappa shape index (κ3) is 4.23. The first kappa shape index (κ1) is 16.5. The van der Waals surface area contributed by atoms with Gasteiger partial charge in [0, 0.05) is 18.6 Å². The highest BCUT2D eigenvalue weighted by Gasteiger charge is 2.35. The van der Waals surface area contributed by atoms with Crippen molar-refractivity contribution in [3.05, 3.63) is 12.7 Å². The van der Waals surface area contributed by atoms with Crippen molar-refractivity contribution >= 4 is 12.0 Å². The third-order valence-electron chi connectivity index (χ3n) is 3.24. The van der Waals surface area contributed by atoms with Crippen molar-refractivity contribution in [2.24, 2.45) is 0 Å². The van der Waals surface area contributed by atoms with Crippen LogP contribution in [0.1, 0.15) is 27.2 Å². The molecule has 0 aromatic carbocycles. The summed E-state index contributed by atoms with van der Waals surface area (Å²) in [5, 5.41) is 8.94. The van der Waals surface area contributed by atoms with Gasteiger partial charge < -0.3 is 19.6 Å². The van der Waals surface area contributed by atoms with Gasteiger partial charge in [-0.1, -0.05) is 6.08 Å². The number of hydrogen-bond donors (Lipinski definition) is 1. The van der Waals surface area contributed by atoms with Gasteiger partial charge in [0.1, 0.15) is 0 Å². The molecule has 0 bridgehead atoms. The Balaban J connectivity index is 2.89. The van der Waals surface area contributed by atoms with E-state index in [4.69, 9.17) is 9.84 Å². The van der Waals surface area contributed by atoms with Crippen LogP contribution >= 0.6 is 0 Å². The number of aliphatic carboxylic acids is 1. The first-order valence-electron chi connectivity index (χ1n) is 6.76. The molecule has 1 aliphatic heterocycles. The summed E-state index contributed by atoms with van der Waals surface area (Å²) in [5.74, 6) is -0.927. The number of carboxylic acid groups (broad SMARTS) is 1. The SMILES string of the molecule is C=CCN(C(=O)N1CCOCC1CC(=O)O)C(C)(C)C. The van der Waals surface area contributed by atoms with Crippen LogP contribution in [0.3, 0.4) is 0 Å². The minimum atomic E-state index is -0.927. The number of carbonyl (C=O) groups is 2. The van der Waals surface area contributed by atoms with E-state index in [-0.39, 0.29) is 24.6 Å². The van der Waals surface area contributed by atoms with Crippen molar-refractivity contribution in [1.82, 2.24) is 9.80 Å². The molecular weight excluding hydrogens is 260 g/mol. The summed E-state index contributed by atoms with van der Waals surface area (Å²) < 4.78 is 5.29. The minimum absolute atomic E-state index is 0.0994. The molecule has 1 rings (SSSR count). The summed E-state index contributed by atoms with van der Waals surface area (Å²) in [5.41, 5.74) is -0.350. The fourth-order valence-corrected chi connectivity index (χ4v) is 2.20. The fourth-order valence-electron chi connectivity index (χ4n) is 2.20. The number of carboxylic acids is 1. The molecule has 1 N–H and O–H groups in total. The average molecular weight is 284 g/mol. The average Bonchev–Trinajstić information content (AvgIpc) is 2.33. The molecule has 1 unspecified atom stereocenters. The molecular formula is C14H24N2O4. The van der Waals surface area contributed by atoms with E-state index in [2.05, 4.69) is 6.58 Å². The predicted molar refractivity (Wildman–Crippen MR) is 75.6 cm³/mol. The van der Waals surface area contributed by atoms with Crippen molar-refractivity contribution in [3.8, 4) is 0 Å². The van der Waals surface area contributed by atoms with E-state index in [9.17, 15) is 9.59 Å². The van der Waals surface area contributed by atoms with E-state index < -0.39 is 12.0 Å². The lowest BCUT2D eigenvalue weighted by molar-refractivity contribution is -0.139. The highest BCUT2D eigenvalue weighted by Crippen LogP contribution is 2.20. The Morgan fingerprint density at radius 3 is 2.65 bits per heavy atom. The lowest BCUT2D eigenvalue weighted by atomic mass is 10.1. The molecule has 0 saturated carbocycles. The molecule has 20 heavy (non-hydrogen) atoms. The van der Waals surface area contributed by atoms with Gasteiger partial charge in [0.05, 0.1) is 25.7 Å². The number of ether oxygens (including phenoxy) is 1. The second-order valence-corrected chi connectivity index (χ2v) is 5.87. The minimum Gasteiger partial charge on any atom is -0.481 e. The van der Waals surface area contributed by atoms with Gasteiger partial charge in [-0.05, 0) is 20.8 Å². The van der Waals surface area contributed by atoms with Crippen molar-refractivity contribution in [1.29, 1.82) is 0 Å². The summed E-state index contributed by atoms with van der Waals surface area (Å²) in [7, 11) is 0. The zero-order chi connectivity index (χ0) is 15.3. The molecule has 6 heteroatoms. The van der Waals surface area contributed by atoms with Crippen LogP contribution in [0, 0.1) is 0 Å². The molecule has 0 spiro atoms. The Morgan fingerprint density at radius 1 is 1.50 bits per heavy atom. The fraction of sp³-hybridized carbons (Fsp3) is 0.714. The second kappa shape index (κ2) is 6.74. The van der Waals surface area contributed by atoms with Crippen LogP contribution in [0.5, 0.6) is 0 Å². The molecule has 1 aliphatic rings. The van der Waals surface area contributed by atoms with Crippen LogP contribution in [0.4, 0.5) is 4.79 Å². The highest BCUT2D eigenvalue weighted by atomic mass is 16.5. The van der Waals surface area contributed by atoms with Crippen LogP contribution < -0.4 is 0 Å². The van der Waals surface area contributed by atoms with E-state index in [1.54, 1.807) is 15.9 Å². The second-order valence-electron chi connectivity index (χ2n) is 5.87. The maximum atomic E-state index is 12.7. The normalized spacial score (nSPS) is 19.6. The Labute approximate surface area is 120 Å². The molecule has 1 saturated heterocycles. The number of rotatable bonds is 4. The summed E-state index contributed by atoms with van der Waals surface area (Å²) in [6, 6.07) is -0.574. The molecule has 0 aliphatic carbocycles. The number of urea groups is 1. The molecule has 114 valence electrons. The van der Waals surface area contributed by atoms with Gasteiger partial charge in [0.15, 0.2) is 0 Å². The zero-order valence-electron chi connectivity index (χ0n) is 12.5. The molecule has 1 fully saturated rings. The molecule has 0 radical (unpaired) electrons. The molecule has 0 aromatic heterocycles. The third-order valence-corrected chi connectivity index (χ3v) is 3.24. The highest BCUT2D eigenvalue weighted by molar-refractivity contribution is 5.77. The van der Waals surface area contributed by atoms with Crippen molar-refractivity contribution in [2.45, 2.75) is 38.8 Å². The van der Waals surface area contributed by atoms with Gasteiger partial charge in [-0.2, -0.15) is 0 Å². The van der Waals surface area contributed by atoms with Crippen LogP contribution in [0.15, 0.2) is 12.7 Å². The molecule has 2 amide bonds. The smallest absolute Gasteiger partial charge is 0.321 e. The first-order chi connectivity index (χ1) is 9.27. The Bertz CT molecular complexity index is 376. The summed E-state index contributed by atoms with van der Waals surface area (Å²) in [4.78, 5) is 26.9. The number of carbonyl (C=O) groups excluding carboxylic acids is 1. The van der Waals surface area contributed by atoms with Crippen LogP contribution in [0.25, 0.3) is 0 Å². The Morgan fingerprint density at radius 2 is 2.15 bits per heavy atom. The van der Waals surface area contributed by atoms with Gasteiger partial charge in [0.25, 0.3) is 0 Å². The Kier molecular flexibility index (Phi) is 5.56. The molecule has 6 nitrogen and oxygen atoms in total. The summed E-state index contributed by atoms with van der Waals surface area (Å²) >= 11 is 0. The lowest BCUT2D eigenvalue weighted by Crippen LogP contribution is -2.58. The van der Waals surface area contributed by atoms with Gasteiger partial charge in [-0.25, -0.2) is 4.79 Å². The summed E-state index contributed by atoms with van der Waals surface area (Å²) in [6.45, 7) is 11.1. The number of nitrogens with zero attached hydrogens (tertiary/aromatic N) is 2. The van der Waals surface area contributed by atoms with Gasteiger partial charge >= 0.3 is 12.0 Å². The molecule has 0 aromatic rings. The monoisotopic (exact) mass is 284 g/mol. The number of hydrogen-bond acceptors (Lipinski definition) is 3. The van der Waals surface area contributed by atoms with Crippen molar-refractivity contribution in [3.63, 3.8) is 0 Å². The Hall–Kier alpha value is -1.56. The van der Waals surface area contributed by atoms with Crippen molar-refractivity contribution in [2.75, 3.05) is 26.3 Å². The number of morpholine rings is 1. The maximum absolute atomic E-state index is 12.7. The number of amides is 2. The molecule has 1 atom stereocenters. The van der Waals surface area contributed by atoms with Crippen LogP contribution in [-0.2, 0) is 9.53 Å². The van der Waals surface area contributed by atoms with Crippen LogP contribution in [0.2, 0.25) is 0 Å². The maximum Gasteiger partial charge on any atom is 0.321 e. The van der Waals surface area contributed by atoms with Crippen LogP contribution in [-0.4, -0.2) is 64.8 Å². The summed E-state index contributed by atoms with van der Waals surface area (Å²) in [6.07, 6.45) is 1.58.